The van der Waals surface area contributed by atoms with Crippen molar-refractivity contribution in [3.05, 3.63) is 59.5 Å². The third-order valence-electron chi connectivity index (χ3n) is 6.82. The molecule has 35 heavy (non-hydrogen) atoms. The third kappa shape index (κ3) is 5.27. The van der Waals surface area contributed by atoms with Crippen molar-refractivity contribution in [2.24, 2.45) is 5.92 Å². The minimum atomic E-state index is -0.124. The van der Waals surface area contributed by atoms with E-state index in [2.05, 4.69) is 20.4 Å². The van der Waals surface area contributed by atoms with Crippen molar-refractivity contribution in [3.8, 4) is 11.4 Å². The van der Waals surface area contributed by atoms with Gasteiger partial charge in [-0.2, -0.15) is 4.98 Å². The summed E-state index contributed by atoms with van der Waals surface area (Å²) in [6.45, 7) is 6.81. The molecule has 0 saturated carbocycles. The average molecular weight is 474 g/mol. The molecule has 3 aromatic rings. The highest BCUT2D eigenvalue weighted by atomic mass is 16.5. The number of anilines is 2. The molecule has 2 saturated heterocycles. The number of piperidine rings is 1. The van der Waals surface area contributed by atoms with Crippen molar-refractivity contribution < 1.29 is 14.1 Å². The number of nitrogens with zero attached hydrogens (tertiary/aromatic N) is 4. The van der Waals surface area contributed by atoms with Gasteiger partial charge >= 0.3 is 0 Å². The SMILES string of the molecule is Cc1cccc(-c2noc(CN3CCCC(C(=O)Nc4ccc(C)c(N5CCCC5=O)c4)C3)n2)c1. The van der Waals surface area contributed by atoms with Crippen LogP contribution >= 0.6 is 0 Å². The standard InChI is InChI=1S/C27H31N5O3/c1-18-6-3-7-20(14-18)26-29-24(35-30-26)17-31-12-4-8-21(16-31)27(34)28-22-11-10-19(2)23(15-22)32-13-5-9-25(32)33/h3,6-7,10-11,14-15,21H,4-5,8-9,12-13,16-17H2,1-2H3,(H,28,34). The monoisotopic (exact) mass is 473 g/mol. The molecule has 1 unspecified atom stereocenters. The summed E-state index contributed by atoms with van der Waals surface area (Å²) in [4.78, 5) is 33.9. The molecule has 2 aliphatic heterocycles. The number of benzene rings is 2. The number of rotatable bonds is 6. The van der Waals surface area contributed by atoms with Crippen molar-refractivity contribution in [3.63, 3.8) is 0 Å². The van der Waals surface area contributed by atoms with Crippen LogP contribution in [0.2, 0.25) is 0 Å². The highest BCUT2D eigenvalue weighted by molar-refractivity contribution is 5.98. The maximum absolute atomic E-state index is 13.1. The number of aromatic nitrogens is 2. The third-order valence-corrected chi connectivity index (χ3v) is 6.82. The summed E-state index contributed by atoms with van der Waals surface area (Å²) in [6, 6.07) is 13.8. The first-order valence-corrected chi connectivity index (χ1v) is 12.3. The summed E-state index contributed by atoms with van der Waals surface area (Å²) in [5.74, 6) is 1.16. The van der Waals surface area contributed by atoms with Crippen LogP contribution in [0.4, 0.5) is 11.4 Å². The van der Waals surface area contributed by atoms with E-state index in [1.807, 2.05) is 61.2 Å². The van der Waals surface area contributed by atoms with Gasteiger partial charge in [0.25, 0.3) is 0 Å². The Balaban J connectivity index is 1.21. The number of nitrogens with one attached hydrogen (secondary N) is 1. The fourth-order valence-electron chi connectivity index (χ4n) is 4.95. The highest BCUT2D eigenvalue weighted by Crippen LogP contribution is 2.29. The van der Waals surface area contributed by atoms with E-state index in [9.17, 15) is 9.59 Å². The van der Waals surface area contributed by atoms with Crippen LogP contribution in [0.3, 0.4) is 0 Å². The second kappa shape index (κ2) is 10.00. The van der Waals surface area contributed by atoms with Crippen LogP contribution < -0.4 is 10.2 Å². The minimum absolute atomic E-state index is 0.00299. The first kappa shape index (κ1) is 23.2. The van der Waals surface area contributed by atoms with Gasteiger partial charge in [0.15, 0.2) is 0 Å². The predicted octanol–water partition coefficient (Wildman–Crippen LogP) is 4.33. The van der Waals surface area contributed by atoms with Gasteiger partial charge < -0.3 is 14.7 Å². The van der Waals surface area contributed by atoms with Gasteiger partial charge in [0.1, 0.15) is 0 Å². The zero-order chi connectivity index (χ0) is 24.4. The van der Waals surface area contributed by atoms with Gasteiger partial charge in [-0.15, -0.1) is 0 Å². The van der Waals surface area contributed by atoms with Crippen LogP contribution in [0.25, 0.3) is 11.4 Å². The number of carbonyl (C=O) groups excluding carboxylic acids is 2. The quantitative estimate of drug-likeness (QED) is 0.573. The normalized spacial score (nSPS) is 18.7. The molecular weight excluding hydrogens is 442 g/mol. The maximum Gasteiger partial charge on any atom is 0.241 e. The van der Waals surface area contributed by atoms with Gasteiger partial charge in [-0.25, -0.2) is 0 Å². The number of likely N-dealkylation sites (tertiary alicyclic amines) is 1. The van der Waals surface area contributed by atoms with E-state index >= 15 is 0 Å². The topological polar surface area (TPSA) is 91.6 Å². The Hall–Kier alpha value is -3.52. The van der Waals surface area contributed by atoms with Crippen molar-refractivity contribution in [2.45, 2.75) is 46.1 Å². The molecule has 3 heterocycles. The Bertz CT molecular complexity index is 1240. The first-order valence-electron chi connectivity index (χ1n) is 12.3. The molecule has 2 aliphatic rings. The molecule has 2 amide bonds. The van der Waals surface area contributed by atoms with Gasteiger partial charge in [-0.1, -0.05) is 35.0 Å². The summed E-state index contributed by atoms with van der Waals surface area (Å²) in [5.41, 5.74) is 4.73. The Morgan fingerprint density at radius 2 is 2.03 bits per heavy atom. The Kier molecular flexibility index (Phi) is 6.63. The summed E-state index contributed by atoms with van der Waals surface area (Å²) < 4.78 is 5.50. The molecule has 182 valence electrons. The number of hydrogen-bond donors (Lipinski definition) is 1. The largest absolute Gasteiger partial charge is 0.338 e. The zero-order valence-electron chi connectivity index (χ0n) is 20.3. The number of aryl methyl sites for hydroxylation is 2. The molecule has 8 heteroatoms. The van der Waals surface area contributed by atoms with Crippen LogP contribution in [0.1, 0.15) is 42.7 Å². The Morgan fingerprint density at radius 1 is 1.14 bits per heavy atom. The first-order chi connectivity index (χ1) is 17.0. The molecule has 0 aliphatic carbocycles. The van der Waals surface area contributed by atoms with E-state index in [1.54, 1.807) is 0 Å². The van der Waals surface area contributed by atoms with Crippen molar-refractivity contribution in [1.29, 1.82) is 0 Å². The number of amides is 2. The van der Waals surface area contributed by atoms with Gasteiger partial charge in [-0.3, -0.25) is 14.5 Å². The Morgan fingerprint density at radius 3 is 2.83 bits per heavy atom. The van der Waals surface area contributed by atoms with E-state index < -0.39 is 0 Å². The van der Waals surface area contributed by atoms with E-state index in [1.165, 1.54) is 0 Å². The van der Waals surface area contributed by atoms with Crippen molar-refractivity contribution in [2.75, 3.05) is 29.9 Å². The lowest BCUT2D eigenvalue weighted by atomic mass is 9.97. The Labute approximate surface area is 205 Å². The van der Waals surface area contributed by atoms with Crippen LogP contribution in [-0.4, -0.2) is 46.5 Å². The molecule has 1 aromatic heterocycles. The fourth-order valence-corrected chi connectivity index (χ4v) is 4.95. The van der Waals surface area contributed by atoms with Crippen LogP contribution in [0.5, 0.6) is 0 Å². The summed E-state index contributed by atoms with van der Waals surface area (Å²) in [5, 5.41) is 7.21. The second-order valence-electron chi connectivity index (χ2n) is 9.59. The summed E-state index contributed by atoms with van der Waals surface area (Å²) in [7, 11) is 0. The van der Waals surface area contributed by atoms with Crippen molar-refractivity contribution >= 4 is 23.2 Å². The lowest BCUT2D eigenvalue weighted by molar-refractivity contribution is -0.121. The minimum Gasteiger partial charge on any atom is -0.338 e. The molecule has 2 fully saturated rings. The van der Waals surface area contributed by atoms with Gasteiger partial charge in [-0.05, 0) is 63.4 Å². The highest BCUT2D eigenvalue weighted by Gasteiger charge is 2.28. The van der Waals surface area contributed by atoms with Gasteiger partial charge in [0.05, 0.1) is 12.5 Å². The summed E-state index contributed by atoms with van der Waals surface area (Å²) in [6.07, 6.45) is 3.22. The molecule has 0 radical (unpaired) electrons. The molecule has 8 nitrogen and oxygen atoms in total. The van der Waals surface area contributed by atoms with Crippen LogP contribution in [0, 0.1) is 19.8 Å². The predicted molar refractivity (Wildman–Crippen MR) is 134 cm³/mol. The molecular formula is C27H31N5O3. The zero-order valence-corrected chi connectivity index (χ0v) is 20.3. The molecule has 1 atom stereocenters. The lowest BCUT2D eigenvalue weighted by Crippen LogP contribution is -2.40. The molecule has 5 rings (SSSR count). The molecule has 2 aromatic carbocycles. The van der Waals surface area contributed by atoms with Crippen molar-refractivity contribution in [1.82, 2.24) is 15.0 Å². The fraction of sp³-hybridized carbons (Fsp3) is 0.407. The van der Waals surface area contributed by atoms with E-state index in [-0.39, 0.29) is 17.7 Å². The smallest absolute Gasteiger partial charge is 0.241 e. The lowest BCUT2D eigenvalue weighted by Gasteiger charge is -2.31. The molecule has 0 spiro atoms. The van der Waals surface area contributed by atoms with Gasteiger partial charge in [0.2, 0.25) is 23.5 Å². The van der Waals surface area contributed by atoms with Crippen LogP contribution in [0.15, 0.2) is 47.0 Å². The maximum atomic E-state index is 13.1. The van der Waals surface area contributed by atoms with E-state index in [4.69, 9.17) is 4.52 Å². The second-order valence-corrected chi connectivity index (χ2v) is 9.59. The van der Waals surface area contributed by atoms with E-state index in [0.29, 0.717) is 31.2 Å². The molecule has 0 bridgehead atoms. The summed E-state index contributed by atoms with van der Waals surface area (Å²) >= 11 is 0. The molecule has 1 N–H and O–H groups in total. The van der Waals surface area contributed by atoms with E-state index in [0.717, 1.165) is 60.4 Å². The number of hydrogen-bond acceptors (Lipinski definition) is 6. The average Bonchev–Trinajstić information content (AvgIpc) is 3.49. The van der Waals surface area contributed by atoms with Gasteiger partial charge in [0, 0.05) is 36.4 Å². The number of carbonyl (C=O) groups is 2. The van der Waals surface area contributed by atoms with Crippen LogP contribution in [-0.2, 0) is 16.1 Å².